The van der Waals surface area contributed by atoms with Gasteiger partial charge in [-0.15, -0.1) is 5.10 Å². The van der Waals surface area contributed by atoms with Crippen molar-refractivity contribution >= 4 is 12.0 Å². The highest BCUT2D eigenvalue weighted by atomic mass is 16.1. The molecule has 0 aliphatic heterocycles. The van der Waals surface area contributed by atoms with Crippen LogP contribution in [0.4, 0.5) is 0 Å². The monoisotopic (exact) mass is 261 g/mol. The average Bonchev–Trinajstić information content (AvgIpc) is 2.81. The van der Waals surface area contributed by atoms with Crippen molar-refractivity contribution < 1.29 is 4.79 Å². The van der Waals surface area contributed by atoms with E-state index in [0.717, 1.165) is 6.42 Å². The predicted molar refractivity (Wildman–Crippen MR) is 71.9 cm³/mol. The zero-order valence-electron chi connectivity index (χ0n) is 11.8. The molecule has 1 aromatic rings. The number of nitrogens with one attached hydrogen (secondary N) is 1. The van der Waals surface area contributed by atoms with E-state index in [-0.39, 0.29) is 17.0 Å². The first-order chi connectivity index (χ1) is 8.88. The number of nitriles is 1. The molecule has 0 unspecified atom stereocenters. The first kappa shape index (κ1) is 14.9. The van der Waals surface area contributed by atoms with Gasteiger partial charge in [-0.3, -0.25) is 4.79 Å². The number of hydrogen-bond donors (Lipinski definition) is 1. The van der Waals surface area contributed by atoms with Crippen LogP contribution in [0.3, 0.4) is 0 Å². The molecular weight excluding hydrogens is 242 g/mol. The van der Waals surface area contributed by atoms with Crippen LogP contribution in [0, 0.1) is 11.3 Å². The maximum atomic E-state index is 11.7. The fourth-order valence-corrected chi connectivity index (χ4v) is 1.30. The summed E-state index contributed by atoms with van der Waals surface area (Å²) in [5.74, 6) is -0.380. The Bertz CT molecular complexity index is 516. The molecule has 0 aromatic carbocycles. The molecule has 1 rings (SSSR count). The number of aromatic nitrogens is 3. The third-order valence-corrected chi connectivity index (χ3v) is 2.39. The molecule has 102 valence electrons. The Labute approximate surface area is 113 Å². The van der Waals surface area contributed by atoms with Gasteiger partial charge in [-0.25, -0.2) is 4.68 Å². The summed E-state index contributed by atoms with van der Waals surface area (Å²) >= 11 is 0. The van der Waals surface area contributed by atoms with E-state index in [1.54, 1.807) is 10.9 Å². The molecule has 0 fully saturated rings. The highest BCUT2D eigenvalue weighted by Gasteiger charge is 2.15. The quantitative estimate of drug-likeness (QED) is 0.657. The van der Waals surface area contributed by atoms with Crippen LogP contribution >= 0.6 is 0 Å². The van der Waals surface area contributed by atoms with Crippen LogP contribution in [0.2, 0.25) is 0 Å². The Hall–Kier alpha value is -2.16. The second kappa shape index (κ2) is 6.14. The van der Waals surface area contributed by atoms with Gasteiger partial charge in [0, 0.05) is 6.54 Å². The minimum atomic E-state index is -0.380. The molecule has 1 amide bonds. The SMILES string of the molecule is CCCNC(=O)/C(C#N)=C\c1cn(C(C)(C)C)nn1. The van der Waals surface area contributed by atoms with Gasteiger partial charge in [0.25, 0.3) is 5.91 Å². The van der Waals surface area contributed by atoms with Gasteiger partial charge in [-0.1, -0.05) is 12.1 Å². The minimum absolute atomic E-state index is 0.0365. The van der Waals surface area contributed by atoms with Crippen molar-refractivity contribution in [1.29, 1.82) is 5.26 Å². The molecule has 19 heavy (non-hydrogen) atoms. The lowest BCUT2D eigenvalue weighted by molar-refractivity contribution is -0.117. The summed E-state index contributed by atoms with van der Waals surface area (Å²) in [6.07, 6.45) is 3.98. The first-order valence-corrected chi connectivity index (χ1v) is 6.21. The van der Waals surface area contributed by atoms with Crippen LogP contribution in [-0.4, -0.2) is 27.4 Å². The van der Waals surface area contributed by atoms with Crippen molar-refractivity contribution in [3.63, 3.8) is 0 Å². The molecule has 0 saturated heterocycles. The number of carbonyl (C=O) groups excluding carboxylic acids is 1. The largest absolute Gasteiger partial charge is 0.351 e. The summed E-state index contributed by atoms with van der Waals surface area (Å²) in [4.78, 5) is 11.7. The predicted octanol–water partition coefficient (Wildman–Crippen LogP) is 1.47. The lowest BCUT2D eigenvalue weighted by atomic mass is 10.1. The molecule has 1 heterocycles. The molecule has 0 bridgehead atoms. The van der Waals surface area contributed by atoms with Gasteiger partial charge in [-0.05, 0) is 33.3 Å². The maximum Gasteiger partial charge on any atom is 0.262 e. The van der Waals surface area contributed by atoms with Crippen molar-refractivity contribution in [3.05, 3.63) is 17.5 Å². The zero-order chi connectivity index (χ0) is 14.5. The van der Waals surface area contributed by atoms with E-state index in [1.165, 1.54) is 6.08 Å². The van der Waals surface area contributed by atoms with Gasteiger partial charge in [0.05, 0.1) is 11.7 Å². The van der Waals surface area contributed by atoms with E-state index in [0.29, 0.717) is 12.2 Å². The van der Waals surface area contributed by atoms with Gasteiger partial charge in [-0.2, -0.15) is 5.26 Å². The smallest absolute Gasteiger partial charge is 0.262 e. The van der Waals surface area contributed by atoms with Gasteiger partial charge in [0.2, 0.25) is 0 Å². The molecular formula is C13H19N5O. The lowest BCUT2D eigenvalue weighted by Gasteiger charge is -2.17. The van der Waals surface area contributed by atoms with Gasteiger partial charge >= 0.3 is 0 Å². The molecule has 0 atom stereocenters. The maximum absolute atomic E-state index is 11.7. The van der Waals surface area contributed by atoms with E-state index in [4.69, 9.17) is 5.26 Å². The third-order valence-electron chi connectivity index (χ3n) is 2.39. The summed E-state index contributed by atoms with van der Waals surface area (Å²) in [6.45, 7) is 8.48. The summed E-state index contributed by atoms with van der Waals surface area (Å²) in [5.41, 5.74) is 0.351. The Morgan fingerprint density at radius 1 is 1.58 bits per heavy atom. The van der Waals surface area contributed by atoms with E-state index in [1.807, 2.05) is 33.8 Å². The summed E-state index contributed by atoms with van der Waals surface area (Å²) < 4.78 is 1.69. The Kier molecular flexibility index (Phi) is 4.81. The van der Waals surface area contributed by atoms with E-state index in [9.17, 15) is 4.79 Å². The topological polar surface area (TPSA) is 83.6 Å². The number of rotatable bonds is 4. The van der Waals surface area contributed by atoms with Crippen molar-refractivity contribution in [2.24, 2.45) is 0 Å². The van der Waals surface area contributed by atoms with Gasteiger partial charge in [0.15, 0.2) is 0 Å². The average molecular weight is 261 g/mol. The summed E-state index contributed by atoms with van der Waals surface area (Å²) in [7, 11) is 0. The summed E-state index contributed by atoms with van der Waals surface area (Å²) in [6, 6.07) is 1.88. The van der Waals surface area contributed by atoms with Crippen LogP contribution in [0.25, 0.3) is 6.08 Å². The normalized spacial score (nSPS) is 12.1. The highest BCUT2D eigenvalue weighted by molar-refractivity contribution is 6.01. The second-order valence-corrected chi connectivity index (χ2v) is 5.18. The number of nitrogens with zero attached hydrogens (tertiary/aromatic N) is 4. The second-order valence-electron chi connectivity index (χ2n) is 5.18. The summed E-state index contributed by atoms with van der Waals surface area (Å²) in [5, 5.41) is 19.6. The Balaban J connectivity index is 2.90. The Morgan fingerprint density at radius 3 is 2.74 bits per heavy atom. The van der Waals surface area contributed by atoms with Crippen molar-refractivity contribution in [3.8, 4) is 6.07 Å². The van der Waals surface area contributed by atoms with E-state index in [2.05, 4.69) is 15.6 Å². The number of amides is 1. The van der Waals surface area contributed by atoms with E-state index < -0.39 is 0 Å². The van der Waals surface area contributed by atoms with Gasteiger partial charge < -0.3 is 5.32 Å². The van der Waals surface area contributed by atoms with Crippen LogP contribution in [-0.2, 0) is 10.3 Å². The highest BCUT2D eigenvalue weighted by Crippen LogP contribution is 2.13. The molecule has 0 aliphatic rings. The number of carbonyl (C=O) groups is 1. The molecule has 0 radical (unpaired) electrons. The van der Waals surface area contributed by atoms with Crippen LogP contribution in [0.15, 0.2) is 11.8 Å². The fourth-order valence-electron chi connectivity index (χ4n) is 1.30. The molecule has 6 nitrogen and oxygen atoms in total. The Morgan fingerprint density at radius 2 is 2.26 bits per heavy atom. The molecule has 0 spiro atoms. The van der Waals surface area contributed by atoms with Crippen LogP contribution in [0.1, 0.15) is 39.8 Å². The lowest BCUT2D eigenvalue weighted by Crippen LogP contribution is -2.25. The standard InChI is InChI=1S/C13H19N5O/c1-5-6-15-12(19)10(8-14)7-11-9-18(17-16-11)13(2,3)4/h7,9H,5-6H2,1-4H3,(H,15,19)/b10-7-. The van der Waals surface area contributed by atoms with Crippen molar-refractivity contribution in [2.75, 3.05) is 6.54 Å². The van der Waals surface area contributed by atoms with Gasteiger partial charge in [0.1, 0.15) is 17.3 Å². The van der Waals surface area contributed by atoms with Crippen molar-refractivity contribution in [2.45, 2.75) is 39.7 Å². The minimum Gasteiger partial charge on any atom is -0.351 e. The molecule has 1 aromatic heterocycles. The molecule has 0 aliphatic carbocycles. The fraction of sp³-hybridized carbons (Fsp3) is 0.538. The zero-order valence-corrected chi connectivity index (χ0v) is 11.8. The van der Waals surface area contributed by atoms with E-state index >= 15 is 0 Å². The van der Waals surface area contributed by atoms with Crippen LogP contribution < -0.4 is 5.32 Å². The molecule has 0 saturated carbocycles. The first-order valence-electron chi connectivity index (χ1n) is 6.21. The molecule has 6 heteroatoms. The van der Waals surface area contributed by atoms with Crippen molar-refractivity contribution in [1.82, 2.24) is 20.3 Å². The number of hydrogen-bond acceptors (Lipinski definition) is 4. The third kappa shape index (κ3) is 4.21. The van der Waals surface area contributed by atoms with Crippen LogP contribution in [0.5, 0.6) is 0 Å². The molecule has 1 N–H and O–H groups in total.